The lowest BCUT2D eigenvalue weighted by atomic mass is 10.1. The Morgan fingerprint density at radius 1 is 0.923 bits per heavy atom. The van der Waals surface area contributed by atoms with Crippen LogP contribution in [0.3, 0.4) is 0 Å². The van der Waals surface area contributed by atoms with Crippen LogP contribution in [0.4, 0.5) is 5.69 Å². The second-order valence-corrected chi connectivity index (χ2v) is 5.95. The van der Waals surface area contributed by atoms with Crippen molar-refractivity contribution in [3.63, 3.8) is 0 Å². The van der Waals surface area contributed by atoms with Gasteiger partial charge < -0.3 is 10.1 Å². The van der Waals surface area contributed by atoms with Crippen molar-refractivity contribution in [1.82, 2.24) is 10.9 Å². The highest BCUT2D eigenvalue weighted by atomic mass is 16.5. The third kappa shape index (κ3) is 4.18. The number of carbonyl (C=O) groups excluding carboxylic acids is 3. The maximum atomic E-state index is 12.4. The first-order valence-corrected chi connectivity index (χ1v) is 8.23. The molecular formula is C19H19N3O4. The first kappa shape index (κ1) is 17.5. The second-order valence-electron chi connectivity index (χ2n) is 5.95. The Bertz CT molecular complexity index is 829. The van der Waals surface area contributed by atoms with Crippen LogP contribution < -0.4 is 20.9 Å². The summed E-state index contributed by atoms with van der Waals surface area (Å²) >= 11 is 0. The van der Waals surface area contributed by atoms with Crippen LogP contribution in [0.2, 0.25) is 0 Å². The number of hydrogen-bond acceptors (Lipinski definition) is 4. The number of anilines is 1. The van der Waals surface area contributed by atoms with E-state index in [2.05, 4.69) is 16.2 Å². The topological polar surface area (TPSA) is 96.5 Å². The average molecular weight is 353 g/mol. The number of carbonyl (C=O) groups is 3. The molecule has 1 aliphatic rings. The van der Waals surface area contributed by atoms with E-state index >= 15 is 0 Å². The lowest BCUT2D eigenvalue weighted by Crippen LogP contribution is -2.42. The Morgan fingerprint density at radius 3 is 2.27 bits per heavy atom. The molecule has 0 unspecified atom stereocenters. The van der Waals surface area contributed by atoms with Crippen molar-refractivity contribution in [1.29, 1.82) is 0 Å². The largest absolute Gasteiger partial charge is 0.497 e. The van der Waals surface area contributed by atoms with E-state index in [1.165, 1.54) is 0 Å². The predicted octanol–water partition coefficient (Wildman–Crippen LogP) is 2.12. The molecule has 3 rings (SSSR count). The van der Waals surface area contributed by atoms with Gasteiger partial charge in [0.1, 0.15) is 5.75 Å². The van der Waals surface area contributed by atoms with Crippen LogP contribution >= 0.6 is 0 Å². The monoisotopic (exact) mass is 353 g/mol. The highest BCUT2D eigenvalue weighted by Gasteiger charge is 2.29. The summed E-state index contributed by atoms with van der Waals surface area (Å²) in [6.45, 7) is 0. The van der Waals surface area contributed by atoms with Crippen LogP contribution in [0.5, 0.6) is 5.75 Å². The molecule has 1 fully saturated rings. The molecule has 3 amide bonds. The minimum absolute atomic E-state index is 0.0136. The summed E-state index contributed by atoms with van der Waals surface area (Å²) in [5, 5.41) is 2.71. The maximum absolute atomic E-state index is 12.4. The summed E-state index contributed by atoms with van der Waals surface area (Å²) in [6, 6.07) is 13.2. The van der Waals surface area contributed by atoms with Crippen molar-refractivity contribution < 1.29 is 19.1 Å². The van der Waals surface area contributed by atoms with Crippen molar-refractivity contribution in [3.8, 4) is 5.75 Å². The molecular weight excluding hydrogens is 334 g/mol. The molecule has 7 nitrogen and oxygen atoms in total. The highest BCUT2D eigenvalue weighted by Crippen LogP contribution is 2.28. The van der Waals surface area contributed by atoms with Crippen LogP contribution in [-0.2, 0) is 4.79 Å². The molecule has 0 radical (unpaired) electrons. The summed E-state index contributed by atoms with van der Waals surface area (Å²) in [7, 11) is 1.55. The quantitative estimate of drug-likeness (QED) is 0.717. The zero-order valence-corrected chi connectivity index (χ0v) is 14.2. The molecule has 1 saturated carbocycles. The number of hydrogen-bond donors (Lipinski definition) is 3. The van der Waals surface area contributed by atoms with Crippen molar-refractivity contribution in [2.45, 2.75) is 12.8 Å². The number of hydrazine groups is 1. The molecule has 7 heteroatoms. The van der Waals surface area contributed by atoms with Gasteiger partial charge >= 0.3 is 0 Å². The average Bonchev–Trinajstić information content (AvgIpc) is 3.51. The fourth-order valence-electron chi connectivity index (χ4n) is 2.36. The number of ether oxygens (including phenoxy) is 1. The number of para-hydroxylation sites is 1. The third-order valence-electron chi connectivity index (χ3n) is 4.02. The fraction of sp³-hybridized carbons (Fsp3) is 0.211. The van der Waals surface area contributed by atoms with Gasteiger partial charge in [-0.1, -0.05) is 12.1 Å². The molecule has 1 aliphatic carbocycles. The third-order valence-corrected chi connectivity index (χ3v) is 4.02. The van der Waals surface area contributed by atoms with E-state index in [9.17, 15) is 14.4 Å². The summed E-state index contributed by atoms with van der Waals surface area (Å²) in [6.07, 6.45) is 1.69. The van der Waals surface area contributed by atoms with Gasteiger partial charge in [0.2, 0.25) is 5.91 Å². The Hall–Kier alpha value is -3.35. The molecule has 0 heterocycles. The van der Waals surface area contributed by atoms with E-state index in [1.807, 2.05) is 0 Å². The van der Waals surface area contributed by atoms with Crippen LogP contribution in [0.1, 0.15) is 33.6 Å². The van der Waals surface area contributed by atoms with Gasteiger partial charge in [-0.15, -0.1) is 0 Å². The number of benzene rings is 2. The summed E-state index contributed by atoms with van der Waals surface area (Å²) in [4.78, 5) is 36.4. The minimum Gasteiger partial charge on any atom is -0.497 e. The zero-order chi connectivity index (χ0) is 18.5. The van der Waals surface area contributed by atoms with Crippen molar-refractivity contribution in [2.24, 2.45) is 5.92 Å². The first-order valence-electron chi connectivity index (χ1n) is 8.23. The van der Waals surface area contributed by atoms with Gasteiger partial charge in [-0.2, -0.15) is 0 Å². The molecule has 3 N–H and O–H groups in total. The number of methoxy groups -OCH3 is 1. The van der Waals surface area contributed by atoms with Gasteiger partial charge in [0.05, 0.1) is 18.4 Å². The van der Waals surface area contributed by atoms with E-state index in [0.29, 0.717) is 17.0 Å². The van der Waals surface area contributed by atoms with Crippen LogP contribution in [0.25, 0.3) is 0 Å². The van der Waals surface area contributed by atoms with Crippen molar-refractivity contribution in [2.75, 3.05) is 12.4 Å². The lowest BCUT2D eigenvalue weighted by molar-refractivity contribution is -0.123. The van der Waals surface area contributed by atoms with E-state index in [4.69, 9.17) is 4.74 Å². The molecule has 0 atom stereocenters. The SMILES string of the molecule is COc1ccc(C(=O)Nc2ccccc2C(=O)NNC(=O)C2CC2)cc1. The van der Waals surface area contributed by atoms with Gasteiger partial charge in [-0.3, -0.25) is 25.2 Å². The zero-order valence-electron chi connectivity index (χ0n) is 14.2. The molecule has 26 heavy (non-hydrogen) atoms. The molecule has 134 valence electrons. The van der Waals surface area contributed by atoms with E-state index < -0.39 is 5.91 Å². The van der Waals surface area contributed by atoms with Crippen LogP contribution in [0.15, 0.2) is 48.5 Å². The van der Waals surface area contributed by atoms with Crippen molar-refractivity contribution >= 4 is 23.4 Å². The minimum atomic E-state index is -0.496. The normalized spacial score (nSPS) is 12.8. The molecule has 0 aromatic heterocycles. The summed E-state index contributed by atoms with van der Waals surface area (Å²) in [5.74, 6) is -0.411. The second kappa shape index (κ2) is 7.69. The maximum Gasteiger partial charge on any atom is 0.271 e. The van der Waals surface area contributed by atoms with Gasteiger partial charge in [0.15, 0.2) is 0 Å². The van der Waals surface area contributed by atoms with Gasteiger partial charge in [0.25, 0.3) is 11.8 Å². The Labute approximate surface area is 150 Å². The molecule has 2 aromatic rings. The fourth-order valence-corrected chi connectivity index (χ4v) is 2.36. The summed E-state index contributed by atoms with van der Waals surface area (Å²) in [5.41, 5.74) is 5.83. The van der Waals surface area contributed by atoms with Gasteiger partial charge in [-0.25, -0.2) is 0 Å². The number of rotatable bonds is 5. The molecule has 2 aromatic carbocycles. The van der Waals surface area contributed by atoms with Crippen molar-refractivity contribution in [3.05, 3.63) is 59.7 Å². The number of amides is 3. The van der Waals surface area contributed by atoms with Crippen LogP contribution in [0, 0.1) is 5.92 Å². The molecule has 0 spiro atoms. The van der Waals surface area contributed by atoms with E-state index in [-0.39, 0.29) is 23.3 Å². The molecule has 0 saturated heterocycles. The lowest BCUT2D eigenvalue weighted by Gasteiger charge is -2.12. The number of nitrogens with one attached hydrogen (secondary N) is 3. The van der Waals surface area contributed by atoms with Crippen LogP contribution in [-0.4, -0.2) is 24.8 Å². The van der Waals surface area contributed by atoms with Gasteiger partial charge in [-0.05, 0) is 49.2 Å². The van der Waals surface area contributed by atoms with E-state index in [0.717, 1.165) is 12.8 Å². The van der Waals surface area contributed by atoms with Gasteiger partial charge in [0, 0.05) is 11.5 Å². The first-order chi connectivity index (χ1) is 12.6. The summed E-state index contributed by atoms with van der Waals surface area (Å²) < 4.78 is 5.07. The molecule has 0 aliphatic heterocycles. The Morgan fingerprint density at radius 2 is 1.62 bits per heavy atom. The molecule has 0 bridgehead atoms. The Balaban J connectivity index is 1.68. The standard InChI is InChI=1S/C19H19N3O4/c1-26-14-10-8-12(9-11-14)17(23)20-16-5-3-2-4-15(16)19(25)22-21-18(24)13-6-7-13/h2-5,8-11,13H,6-7H2,1H3,(H,20,23)(H,21,24)(H,22,25). The smallest absolute Gasteiger partial charge is 0.271 e. The Kier molecular flexibility index (Phi) is 5.17. The highest BCUT2D eigenvalue weighted by molar-refractivity contribution is 6.09. The van der Waals surface area contributed by atoms with E-state index in [1.54, 1.807) is 55.6 Å². The predicted molar refractivity (Wildman–Crippen MR) is 95.7 cm³/mol.